The predicted octanol–water partition coefficient (Wildman–Crippen LogP) is 3.95. The fourth-order valence-corrected chi connectivity index (χ4v) is 2.22. The molecule has 0 unspecified atom stereocenters. The molecule has 0 saturated carbocycles. The van der Waals surface area contributed by atoms with Gasteiger partial charge in [-0.05, 0) is 36.8 Å². The van der Waals surface area contributed by atoms with Crippen molar-refractivity contribution in [2.45, 2.75) is 6.92 Å². The van der Waals surface area contributed by atoms with Gasteiger partial charge >= 0.3 is 5.97 Å². The second kappa shape index (κ2) is 4.96. The quantitative estimate of drug-likeness (QED) is 0.848. The monoisotopic (exact) mass is 281 g/mol. The standard InChI is InChI=1S/C13H9Cl2NO2/c1-7-6-8(2-5-11(17)18)16-13-10(15)4-3-9(14)12(7)13/h2-6H,1H3,(H,17,18)/b5-2+. The summed E-state index contributed by atoms with van der Waals surface area (Å²) in [6.45, 7) is 1.88. The molecule has 0 amide bonds. The molecule has 18 heavy (non-hydrogen) atoms. The first kappa shape index (κ1) is 12.9. The van der Waals surface area contributed by atoms with Crippen molar-refractivity contribution < 1.29 is 9.90 Å². The van der Waals surface area contributed by atoms with Crippen LogP contribution in [0, 0.1) is 6.92 Å². The van der Waals surface area contributed by atoms with Crippen molar-refractivity contribution >= 4 is 46.2 Å². The second-order valence-electron chi connectivity index (χ2n) is 3.79. The van der Waals surface area contributed by atoms with Gasteiger partial charge in [0, 0.05) is 11.5 Å². The van der Waals surface area contributed by atoms with E-state index >= 15 is 0 Å². The van der Waals surface area contributed by atoms with E-state index < -0.39 is 5.97 Å². The van der Waals surface area contributed by atoms with Crippen LogP contribution in [0.2, 0.25) is 10.0 Å². The van der Waals surface area contributed by atoms with Crippen molar-refractivity contribution in [3.05, 3.63) is 45.6 Å². The fourth-order valence-electron chi connectivity index (χ4n) is 1.72. The zero-order valence-electron chi connectivity index (χ0n) is 9.45. The van der Waals surface area contributed by atoms with Crippen LogP contribution in [0.25, 0.3) is 17.0 Å². The van der Waals surface area contributed by atoms with Crippen molar-refractivity contribution in [1.29, 1.82) is 0 Å². The number of hydrogen-bond donors (Lipinski definition) is 1. The number of halogens is 2. The molecule has 1 heterocycles. The highest BCUT2D eigenvalue weighted by molar-refractivity contribution is 6.40. The average molecular weight is 282 g/mol. The van der Waals surface area contributed by atoms with E-state index in [1.165, 1.54) is 6.08 Å². The summed E-state index contributed by atoms with van der Waals surface area (Å²) < 4.78 is 0. The van der Waals surface area contributed by atoms with Gasteiger partial charge in [0.25, 0.3) is 0 Å². The van der Waals surface area contributed by atoms with E-state index in [2.05, 4.69) is 4.98 Å². The SMILES string of the molecule is Cc1cc(/C=C/C(=O)O)nc2c(Cl)ccc(Cl)c12. The van der Waals surface area contributed by atoms with Gasteiger partial charge in [-0.3, -0.25) is 0 Å². The molecule has 1 N–H and O–H groups in total. The van der Waals surface area contributed by atoms with Crippen LogP contribution in [0.1, 0.15) is 11.3 Å². The summed E-state index contributed by atoms with van der Waals surface area (Å²) in [4.78, 5) is 14.8. The van der Waals surface area contributed by atoms with E-state index in [1.54, 1.807) is 18.2 Å². The molecule has 0 bridgehead atoms. The van der Waals surface area contributed by atoms with E-state index in [-0.39, 0.29) is 0 Å². The first-order chi connectivity index (χ1) is 8.49. The number of nitrogens with zero attached hydrogens (tertiary/aromatic N) is 1. The lowest BCUT2D eigenvalue weighted by Crippen LogP contribution is -1.91. The molecule has 2 rings (SSSR count). The van der Waals surface area contributed by atoms with Crippen LogP contribution in [0.5, 0.6) is 0 Å². The van der Waals surface area contributed by atoms with Gasteiger partial charge in [-0.25, -0.2) is 9.78 Å². The van der Waals surface area contributed by atoms with Crippen molar-refractivity contribution in [2.24, 2.45) is 0 Å². The van der Waals surface area contributed by atoms with Gasteiger partial charge < -0.3 is 5.11 Å². The summed E-state index contributed by atoms with van der Waals surface area (Å²) in [5.74, 6) is -1.02. The molecule has 0 fully saturated rings. The zero-order valence-corrected chi connectivity index (χ0v) is 11.0. The number of hydrogen-bond acceptors (Lipinski definition) is 2. The summed E-state index contributed by atoms with van der Waals surface area (Å²) in [5, 5.41) is 10.4. The van der Waals surface area contributed by atoms with Gasteiger partial charge in [-0.1, -0.05) is 23.2 Å². The number of pyridine rings is 1. The number of benzene rings is 1. The maximum atomic E-state index is 10.5. The molecule has 5 heteroatoms. The molecule has 0 spiro atoms. The molecule has 3 nitrogen and oxygen atoms in total. The number of aryl methyl sites for hydroxylation is 1. The third-order valence-corrected chi connectivity index (χ3v) is 3.09. The average Bonchev–Trinajstić information content (AvgIpc) is 2.31. The Kier molecular flexibility index (Phi) is 3.55. The van der Waals surface area contributed by atoms with E-state index in [0.717, 1.165) is 17.0 Å². The van der Waals surface area contributed by atoms with Crippen LogP contribution in [-0.2, 0) is 4.79 Å². The van der Waals surface area contributed by atoms with Gasteiger partial charge in [0.15, 0.2) is 0 Å². The molecule has 0 aliphatic heterocycles. The van der Waals surface area contributed by atoms with Gasteiger partial charge in [0.2, 0.25) is 0 Å². The molecule has 0 radical (unpaired) electrons. The molecule has 0 saturated heterocycles. The van der Waals surface area contributed by atoms with Gasteiger partial charge in [0.05, 0.1) is 21.3 Å². The molecule has 1 aromatic heterocycles. The minimum Gasteiger partial charge on any atom is -0.478 e. The second-order valence-corrected chi connectivity index (χ2v) is 4.60. The lowest BCUT2D eigenvalue weighted by molar-refractivity contribution is -0.131. The topological polar surface area (TPSA) is 50.2 Å². The van der Waals surface area contributed by atoms with Gasteiger partial charge in [0.1, 0.15) is 0 Å². The Morgan fingerprint density at radius 2 is 2.00 bits per heavy atom. The van der Waals surface area contributed by atoms with Crippen LogP contribution in [-0.4, -0.2) is 16.1 Å². The molecule has 0 atom stereocenters. The normalized spacial score (nSPS) is 11.3. The van der Waals surface area contributed by atoms with Crippen molar-refractivity contribution in [3.8, 4) is 0 Å². The third-order valence-electron chi connectivity index (χ3n) is 2.47. The molecular formula is C13H9Cl2NO2. The highest BCUT2D eigenvalue weighted by Gasteiger charge is 2.08. The van der Waals surface area contributed by atoms with Crippen LogP contribution >= 0.6 is 23.2 Å². The highest BCUT2D eigenvalue weighted by Crippen LogP contribution is 2.31. The maximum Gasteiger partial charge on any atom is 0.328 e. The number of carboxylic acids is 1. The Balaban J connectivity index is 2.69. The number of carboxylic acid groups (broad SMARTS) is 1. The van der Waals surface area contributed by atoms with E-state index in [9.17, 15) is 4.79 Å². The molecular weight excluding hydrogens is 273 g/mol. The molecule has 0 aliphatic carbocycles. The molecule has 1 aromatic carbocycles. The number of carbonyl (C=O) groups is 1. The zero-order chi connectivity index (χ0) is 13.3. The number of rotatable bonds is 2. The number of aliphatic carboxylic acids is 1. The summed E-state index contributed by atoms with van der Waals surface area (Å²) in [7, 11) is 0. The molecule has 0 aliphatic rings. The Bertz CT molecular complexity index is 666. The molecule has 2 aromatic rings. The highest BCUT2D eigenvalue weighted by atomic mass is 35.5. The van der Waals surface area contributed by atoms with E-state index in [1.807, 2.05) is 6.92 Å². The smallest absolute Gasteiger partial charge is 0.328 e. The van der Waals surface area contributed by atoms with Crippen LogP contribution in [0.3, 0.4) is 0 Å². The van der Waals surface area contributed by atoms with Crippen LogP contribution in [0.15, 0.2) is 24.3 Å². The summed E-state index contributed by atoms with van der Waals surface area (Å²) in [5.41, 5.74) is 2.01. The lowest BCUT2D eigenvalue weighted by Gasteiger charge is -2.07. The Labute approximate surface area is 114 Å². The maximum absolute atomic E-state index is 10.5. The Morgan fingerprint density at radius 1 is 1.33 bits per heavy atom. The summed E-state index contributed by atoms with van der Waals surface area (Å²) in [6, 6.07) is 5.15. The first-order valence-electron chi connectivity index (χ1n) is 5.15. The lowest BCUT2D eigenvalue weighted by atomic mass is 10.1. The number of aromatic nitrogens is 1. The minimum absolute atomic E-state index is 0.489. The summed E-state index contributed by atoms with van der Waals surface area (Å²) in [6.07, 6.45) is 2.46. The van der Waals surface area contributed by atoms with Gasteiger partial charge in [-0.15, -0.1) is 0 Å². The molecule has 92 valence electrons. The Morgan fingerprint density at radius 3 is 2.67 bits per heavy atom. The first-order valence-corrected chi connectivity index (χ1v) is 5.91. The van der Waals surface area contributed by atoms with Crippen LogP contribution in [0.4, 0.5) is 0 Å². The third kappa shape index (κ3) is 2.47. The fraction of sp³-hybridized carbons (Fsp3) is 0.0769. The van der Waals surface area contributed by atoms with Crippen LogP contribution < -0.4 is 0 Å². The summed E-state index contributed by atoms with van der Waals surface area (Å²) >= 11 is 12.2. The van der Waals surface area contributed by atoms with Gasteiger partial charge in [-0.2, -0.15) is 0 Å². The predicted molar refractivity (Wildman–Crippen MR) is 73.2 cm³/mol. The van der Waals surface area contributed by atoms with Crippen molar-refractivity contribution in [1.82, 2.24) is 4.98 Å². The van der Waals surface area contributed by atoms with Crippen molar-refractivity contribution in [2.75, 3.05) is 0 Å². The largest absolute Gasteiger partial charge is 0.478 e. The van der Waals surface area contributed by atoms with Crippen molar-refractivity contribution in [3.63, 3.8) is 0 Å². The van der Waals surface area contributed by atoms with E-state index in [0.29, 0.717) is 21.3 Å². The van der Waals surface area contributed by atoms with E-state index in [4.69, 9.17) is 28.3 Å². The number of fused-ring (bicyclic) bond motifs is 1. The Hall–Kier alpha value is -1.58. The minimum atomic E-state index is -1.02.